The molecule has 1 atom stereocenters. The molecule has 0 bridgehead atoms. The van der Waals surface area contributed by atoms with Crippen molar-refractivity contribution in [2.45, 2.75) is 19.8 Å². The minimum Gasteiger partial charge on any atom is -0.469 e. The molecule has 0 fully saturated rings. The molecule has 0 aliphatic carbocycles. The third-order valence-corrected chi connectivity index (χ3v) is 2.14. The number of hydrogen-bond donors (Lipinski definition) is 1. The van der Waals surface area contributed by atoms with E-state index in [0.717, 1.165) is 18.7 Å². The average Bonchev–Trinajstić information content (AvgIpc) is 2.56. The van der Waals surface area contributed by atoms with E-state index in [4.69, 9.17) is 4.42 Å². The summed E-state index contributed by atoms with van der Waals surface area (Å²) in [5.74, 6) is 1.79. The van der Waals surface area contributed by atoms with Crippen molar-refractivity contribution in [2.24, 2.45) is 5.92 Å². The highest BCUT2D eigenvalue weighted by atomic mass is 16.3. The monoisotopic (exact) mass is 167 g/mol. The molecule has 0 spiro atoms. The molecule has 1 heterocycles. The highest BCUT2D eigenvalue weighted by Gasteiger charge is 2.07. The largest absolute Gasteiger partial charge is 0.469 e. The van der Waals surface area contributed by atoms with Crippen molar-refractivity contribution < 1.29 is 4.42 Å². The fraction of sp³-hybridized carbons (Fsp3) is 0.600. The Labute approximate surface area is 74.0 Å². The van der Waals surface area contributed by atoms with Gasteiger partial charge in [0, 0.05) is 6.42 Å². The van der Waals surface area contributed by atoms with Crippen LogP contribution in [0.2, 0.25) is 0 Å². The quantitative estimate of drug-likeness (QED) is 0.726. The van der Waals surface area contributed by atoms with Crippen LogP contribution in [0.1, 0.15) is 19.1 Å². The van der Waals surface area contributed by atoms with Gasteiger partial charge in [0.2, 0.25) is 0 Å². The molecule has 68 valence electrons. The lowest BCUT2D eigenvalue weighted by Crippen LogP contribution is -2.19. The first-order chi connectivity index (χ1) is 5.86. The van der Waals surface area contributed by atoms with E-state index < -0.39 is 0 Å². The maximum atomic E-state index is 5.28. The minimum atomic E-state index is 0.696. The first-order valence-corrected chi connectivity index (χ1v) is 4.53. The van der Waals surface area contributed by atoms with Crippen molar-refractivity contribution >= 4 is 0 Å². The van der Waals surface area contributed by atoms with Crippen molar-refractivity contribution in [2.75, 3.05) is 13.6 Å². The Morgan fingerprint density at radius 3 is 2.92 bits per heavy atom. The van der Waals surface area contributed by atoms with Crippen molar-refractivity contribution in [3.8, 4) is 0 Å². The Bertz CT molecular complexity index is 194. The summed E-state index contributed by atoms with van der Waals surface area (Å²) in [4.78, 5) is 0. The molecule has 0 radical (unpaired) electrons. The van der Waals surface area contributed by atoms with Gasteiger partial charge in [-0.3, -0.25) is 0 Å². The Morgan fingerprint density at radius 1 is 1.58 bits per heavy atom. The van der Waals surface area contributed by atoms with Crippen molar-refractivity contribution in [3.63, 3.8) is 0 Å². The van der Waals surface area contributed by atoms with Gasteiger partial charge in [-0.1, -0.05) is 13.3 Å². The summed E-state index contributed by atoms with van der Waals surface area (Å²) in [6.07, 6.45) is 3.98. The summed E-state index contributed by atoms with van der Waals surface area (Å²) in [6.45, 7) is 3.28. The second-order valence-corrected chi connectivity index (χ2v) is 3.12. The predicted molar refractivity (Wildman–Crippen MR) is 50.1 cm³/mol. The lowest BCUT2D eigenvalue weighted by molar-refractivity contribution is 0.418. The smallest absolute Gasteiger partial charge is 0.104 e. The number of rotatable bonds is 5. The highest BCUT2D eigenvalue weighted by Crippen LogP contribution is 2.11. The molecule has 2 nitrogen and oxygen atoms in total. The van der Waals surface area contributed by atoms with Crippen LogP contribution in [0.3, 0.4) is 0 Å². The fourth-order valence-electron chi connectivity index (χ4n) is 1.36. The maximum Gasteiger partial charge on any atom is 0.104 e. The number of hydrogen-bond acceptors (Lipinski definition) is 2. The van der Waals surface area contributed by atoms with Gasteiger partial charge in [0.15, 0.2) is 0 Å². The molecule has 1 N–H and O–H groups in total. The maximum absolute atomic E-state index is 5.28. The molecule has 0 aliphatic rings. The number of nitrogens with one attached hydrogen (secondary N) is 1. The first-order valence-electron chi connectivity index (χ1n) is 4.53. The molecule has 0 saturated heterocycles. The summed E-state index contributed by atoms with van der Waals surface area (Å²) in [5, 5.41) is 3.19. The van der Waals surface area contributed by atoms with Gasteiger partial charge in [-0.2, -0.15) is 0 Å². The van der Waals surface area contributed by atoms with Crippen LogP contribution in [0.25, 0.3) is 0 Å². The zero-order chi connectivity index (χ0) is 8.81. The topological polar surface area (TPSA) is 25.2 Å². The Balaban J connectivity index is 2.37. The molecule has 0 saturated carbocycles. The second-order valence-electron chi connectivity index (χ2n) is 3.12. The lowest BCUT2D eigenvalue weighted by atomic mass is 10.0. The molecule has 0 amide bonds. The highest BCUT2D eigenvalue weighted by molar-refractivity contribution is 4.99. The van der Waals surface area contributed by atoms with E-state index in [-0.39, 0.29) is 0 Å². The summed E-state index contributed by atoms with van der Waals surface area (Å²) in [7, 11) is 1.99. The van der Waals surface area contributed by atoms with Crippen LogP contribution < -0.4 is 5.32 Å². The first kappa shape index (κ1) is 9.33. The summed E-state index contributed by atoms with van der Waals surface area (Å²) < 4.78 is 5.28. The van der Waals surface area contributed by atoms with E-state index >= 15 is 0 Å². The molecule has 2 heteroatoms. The van der Waals surface area contributed by atoms with Gasteiger partial charge in [-0.05, 0) is 31.6 Å². The van der Waals surface area contributed by atoms with Gasteiger partial charge in [-0.15, -0.1) is 0 Å². The van der Waals surface area contributed by atoms with Gasteiger partial charge < -0.3 is 9.73 Å². The van der Waals surface area contributed by atoms with E-state index in [1.165, 1.54) is 6.42 Å². The molecule has 1 unspecified atom stereocenters. The van der Waals surface area contributed by atoms with Gasteiger partial charge in [0.25, 0.3) is 0 Å². The van der Waals surface area contributed by atoms with Crippen LogP contribution in [0.15, 0.2) is 22.8 Å². The van der Waals surface area contributed by atoms with Gasteiger partial charge in [-0.25, -0.2) is 0 Å². The summed E-state index contributed by atoms with van der Waals surface area (Å²) in [5.41, 5.74) is 0. The van der Waals surface area contributed by atoms with E-state index in [1.807, 2.05) is 19.2 Å². The zero-order valence-electron chi connectivity index (χ0n) is 7.84. The van der Waals surface area contributed by atoms with Gasteiger partial charge in [0.1, 0.15) is 5.76 Å². The molecular formula is C10H17NO. The zero-order valence-corrected chi connectivity index (χ0v) is 7.84. The van der Waals surface area contributed by atoms with Crippen LogP contribution in [-0.2, 0) is 6.42 Å². The third kappa shape index (κ3) is 2.70. The Morgan fingerprint density at radius 2 is 2.42 bits per heavy atom. The van der Waals surface area contributed by atoms with E-state index in [2.05, 4.69) is 12.2 Å². The predicted octanol–water partition coefficient (Wildman–Crippen LogP) is 2.07. The van der Waals surface area contributed by atoms with Crippen molar-refractivity contribution in [1.82, 2.24) is 5.32 Å². The average molecular weight is 167 g/mol. The molecule has 0 aliphatic heterocycles. The van der Waals surface area contributed by atoms with E-state index in [0.29, 0.717) is 5.92 Å². The van der Waals surface area contributed by atoms with Crippen molar-refractivity contribution in [3.05, 3.63) is 24.2 Å². The standard InChI is InChI=1S/C10H17NO/c1-3-9(8-11-2)7-10-5-4-6-12-10/h4-6,9,11H,3,7-8H2,1-2H3. The van der Waals surface area contributed by atoms with Crippen LogP contribution >= 0.6 is 0 Å². The summed E-state index contributed by atoms with van der Waals surface area (Å²) in [6, 6.07) is 3.99. The number of furan rings is 1. The van der Waals surface area contributed by atoms with Gasteiger partial charge >= 0.3 is 0 Å². The molecular weight excluding hydrogens is 150 g/mol. The SMILES string of the molecule is CCC(CNC)Cc1ccco1. The van der Waals surface area contributed by atoms with Crippen LogP contribution in [-0.4, -0.2) is 13.6 Å². The Kier molecular flexibility index (Phi) is 3.88. The van der Waals surface area contributed by atoms with Crippen LogP contribution in [0.4, 0.5) is 0 Å². The second kappa shape index (κ2) is 4.99. The van der Waals surface area contributed by atoms with Crippen molar-refractivity contribution in [1.29, 1.82) is 0 Å². The minimum absolute atomic E-state index is 0.696. The van der Waals surface area contributed by atoms with E-state index in [1.54, 1.807) is 6.26 Å². The lowest BCUT2D eigenvalue weighted by Gasteiger charge is -2.11. The molecule has 1 aromatic heterocycles. The molecule has 1 aromatic rings. The van der Waals surface area contributed by atoms with Gasteiger partial charge in [0.05, 0.1) is 6.26 Å². The Hall–Kier alpha value is -0.760. The molecule has 12 heavy (non-hydrogen) atoms. The van der Waals surface area contributed by atoms with Crippen LogP contribution in [0.5, 0.6) is 0 Å². The fourth-order valence-corrected chi connectivity index (χ4v) is 1.36. The summed E-state index contributed by atoms with van der Waals surface area (Å²) >= 11 is 0. The normalized spacial score (nSPS) is 13.2. The van der Waals surface area contributed by atoms with E-state index in [9.17, 15) is 0 Å². The molecule has 1 rings (SSSR count). The molecule has 0 aromatic carbocycles. The van der Waals surface area contributed by atoms with Crippen LogP contribution in [0, 0.1) is 5.92 Å². The third-order valence-electron chi connectivity index (χ3n) is 2.14.